The Kier molecular flexibility index (Phi) is 2.68. The fraction of sp³-hybridized carbons (Fsp3) is 0.571. The van der Waals surface area contributed by atoms with Crippen LogP contribution in [0.25, 0.3) is 0 Å². The maximum Gasteiger partial charge on any atom is 0.0441 e. The van der Waals surface area contributed by atoms with E-state index in [0.29, 0.717) is 12.0 Å². The van der Waals surface area contributed by atoms with Gasteiger partial charge in [-0.3, -0.25) is 0 Å². The van der Waals surface area contributed by atoms with Crippen molar-refractivity contribution in [3.8, 4) is 0 Å². The Morgan fingerprint density at radius 1 is 1.25 bits per heavy atom. The minimum absolute atomic E-state index is 0.657. The molecular formula is C14H18ClN. The minimum Gasteiger partial charge on any atom is -0.316 e. The van der Waals surface area contributed by atoms with Crippen molar-refractivity contribution >= 4 is 11.6 Å². The van der Waals surface area contributed by atoms with Crippen molar-refractivity contribution in [3.63, 3.8) is 0 Å². The third-order valence-electron chi connectivity index (χ3n) is 4.28. The molecule has 0 bridgehead atoms. The first-order valence-corrected chi connectivity index (χ1v) is 6.66. The van der Waals surface area contributed by atoms with Gasteiger partial charge in [0.15, 0.2) is 0 Å². The molecule has 0 radical (unpaired) electrons. The number of halogens is 1. The summed E-state index contributed by atoms with van der Waals surface area (Å²) in [4.78, 5) is 0. The molecule has 1 N–H and O–H groups in total. The molecule has 2 aliphatic rings. The highest BCUT2D eigenvalue weighted by molar-refractivity contribution is 6.31. The molecule has 1 aromatic carbocycles. The second-order valence-electron chi connectivity index (χ2n) is 5.03. The van der Waals surface area contributed by atoms with E-state index in [0.717, 1.165) is 5.02 Å². The first-order valence-electron chi connectivity index (χ1n) is 6.28. The van der Waals surface area contributed by atoms with E-state index in [2.05, 4.69) is 24.5 Å². The highest BCUT2D eigenvalue weighted by atomic mass is 35.5. The summed E-state index contributed by atoms with van der Waals surface area (Å²) in [6.07, 6.45) is 6.27. The number of likely N-dealkylation sites (N-methyl/N-ethyl adjacent to an activating group) is 1. The highest BCUT2D eigenvalue weighted by Gasteiger charge is 2.33. The molecule has 1 nitrogen and oxygen atoms in total. The van der Waals surface area contributed by atoms with E-state index in [9.17, 15) is 0 Å². The Morgan fingerprint density at radius 2 is 2.12 bits per heavy atom. The monoisotopic (exact) mass is 235 g/mol. The molecule has 0 fully saturated rings. The molecule has 0 aromatic heterocycles. The van der Waals surface area contributed by atoms with Crippen molar-refractivity contribution in [1.82, 2.24) is 5.32 Å². The summed E-state index contributed by atoms with van der Waals surface area (Å²) in [6.45, 7) is 0. The van der Waals surface area contributed by atoms with Crippen molar-refractivity contribution in [2.24, 2.45) is 0 Å². The van der Waals surface area contributed by atoms with Crippen LogP contribution in [0.4, 0.5) is 0 Å². The molecule has 2 atom stereocenters. The third-order valence-corrected chi connectivity index (χ3v) is 4.64. The van der Waals surface area contributed by atoms with E-state index >= 15 is 0 Å². The van der Waals surface area contributed by atoms with Gasteiger partial charge >= 0.3 is 0 Å². The van der Waals surface area contributed by atoms with Gasteiger partial charge in [-0.05, 0) is 67.8 Å². The van der Waals surface area contributed by atoms with E-state index in [1.165, 1.54) is 37.7 Å². The van der Waals surface area contributed by atoms with Gasteiger partial charge in [-0.15, -0.1) is 0 Å². The SMILES string of the molecule is CNC1CCc2ccc(Cl)c3c2C1CCC3. The topological polar surface area (TPSA) is 12.0 Å². The maximum absolute atomic E-state index is 6.33. The molecule has 2 heteroatoms. The Bertz CT molecular complexity index is 413. The summed E-state index contributed by atoms with van der Waals surface area (Å²) in [5.41, 5.74) is 4.58. The fourth-order valence-electron chi connectivity index (χ4n) is 3.52. The molecule has 16 heavy (non-hydrogen) atoms. The normalized spacial score (nSPS) is 27.6. The van der Waals surface area contributed by atoms with Crippen molar-refractivity contribution in [1.29, 1.82) is 0 Å². The Hall–Kier alpha value is -0.530. The van der Waals surface area contributed by atoms with Gasteiger partial charge in [-0.25, -0.2) is 0 Å². The molecule has 2 aliphatic carbocycles. The van der Waals surface area contributed by atoms with Crippen molar-refractivity contribution in [3.05, 3.63) is 33.8 Å². The Labute approximate surface area is 102 Å². The predicted octanol–water partition coefficient (Wildman–Crippen LogP) is 3.29. The van der Waals surface area contributed by atoms with Crippen molar-refractivity contribution in [2.45, 2.75) is 44.1 Å². The summed E-state index contributed by atoms with van der Waals surface area (Å²) in [6, 6.07) is 4.99. The summed E-state index contributed by atoms with van der Waals surface area (Å²) in [7, 11) is 2.09. The van der Waals surface area contributed by atoms with Crippen LogP contribution in [-0.2, 0) is 12.8 Å². The molecule has 0 heterocycles. The number of aryl methyl sites for hydroxylation is 1. The Morgan fingerprint density at radius 3 is 2.94 bits per heavy atom. The van der Waals surface area contributed by atoms with Gasteiger partial charge in [0.1, 0.15) is 0 Å². The fourth-order valence-corrected chi connectivity index (χ4v) is 3.78. The lowest BCUT2D eigenvalue weighted by Crippen LogP contribution is -2.38. The van der Waals surface area contributed by atoms with Gasteiger partial charge in [0.25, 0.3) is 0 Å². The highest BCUT2D eigenvalue weighted by Crippen LogP contribution is 2.43. The van der Waals surface area contributed by atoms with Crippen molar-refractivity contribution < 1.29 is 0 Å². The smallest absolute Gasteiger partial charge is 0.0441 e. The molecule has 0 aliphatic heterocycles. The zero-order valence-corrected chi connectivity index (χ0v) is 10.5. The van der Waals surface area contributed by atoms with Crippen LogP contribution in [0.15, 0.2) is 12.1 Å². The summed E-state index contributed by atoms with van der Waals surface area (Å²) < 4.78 is 0. The second-order valence-corrected chi connectivity index (χ2v) is 5.44. The van der Waals surface area contributed by atoms with Gasteiger partial charge in [0, 0.05) is 11.1 Å². The largest absolute Gasteiger partial charge is 0.316 e. The average Bonchev–Trinajstić information content (AvgIpc) is 2.34. The zero-order valence-electron chi connectivity index (χ0n) is 9.72. The minimum atomic E-state index is 0.657. The predicted molar refractivity (Wildman–Crippen MR) is 68.3 cm³/mol. The summed E-state index contributed by atoms with van der Waals surface area (Å²) in [5.74, 6) is 0.705. The number of benzene rings is 1. The molecule has 0 saturated heterocycles. The number of nitrogens with one attached hydrogen (secondary N) is 1. The molecule has 1 aromatic rings. The van der Waals surface area contributed by atoms with Crippen LogP contribution >= 0.6 is 11.6 Å². The summed E-state index contributed by atoms with van der Waals surface area (Å²) in [5, 5.41) is 4.47. The molecular weight excluding hydrogens is 218 g/mol. The lowest BCUT2D eigenvalue weighted by Gasteiger charge is -2.38. The van der Waals surface area contributed by atoms with E-state index in [-0.39, 0.29) is 0 Å². The van der Waals surface area contributed by atoms with Gasteiger partial charge < -0.3 is 5.32 Å². The molecule has 0 saturated carbocycles. The molecule has 0 spiro atoms. The van der Waals surface area contributed by atoms with Crippen LogP contribution in [0.3, 0.4) is 0 Å². The van der Waals surface area contributed by atoms with Crippen LogP contribution in [-0.4, -0.2) is 13.1 Å². The van der Waals surface area contributed by atoms with Crippen LogP contribution < -0.4 is 5.32 Å². The quantitative estimate of drug-likeness (QED) is 0.788. The third kappa shape index (κ3) is 1.49. The molecule has 2 unspecified atom stereocenters. The van der Waals surface area contributed by atoms with Crippen molar-refractivity contribution in [2.75, 3.05) is 7.05 Å². The van der Waals surface area contributed by atoms with Gasteiger partial charge in [0.05, 0.1) is 0 Å². The van der Waals surface area contributed by atoms with E-state index in [1.807, 2.05) is 0 Å². The van der Waals surface area contributed by atoms with E-state index in [4.69, 9.17) is 11.6 Å². The first-order chi connectivity index (χ1) is 7.81. The first kappa shape index (κ1) is 10.6. The second kappa shape index (κ2) is 4.05. The Balaban J connectivity index is 2.14. The molecule has 86 valence electrons. The van der Waals surface area contributed by atoms with Gasteiger partial charge in [0.2, 0.25) is 0 Å². The lowest BCUT2D eigenvalue weighted by atomic mass is 9.71. The maximum atomic E-state index is 6.33. The van der Waals surface area contributed by atoms with Crippen LogP contribution in [0.5, 0.6) is 0 Å². The van der Waals surface area contributed by atoms with Crippen LogP contribution in [0.2, 0.25) is 5.02 Å². The summed E-state index contributed by atoms with van der Waals surface area (Å²) >= 11 is 6.33. The van der Waals surface area contributed by atoms with Gasteiger partial charge in [-0.2, -0.15) is 0 Å². The van der Waals surface area contributed by atoms with E-state index < -0.39 is 0 Å². The van der Waals surface area contributed by atoms with Gasteiger partial charge in [-0.1, -0.05) is 17.7 Å². The van der Waals surface area contributed by atoms with Crippen LogP contribution in [0, 0.1) is 0 Å². The van der Waals surface area contributed by atoms with Crippen LogP contribution in [0.1, 0.15) is 41.9 Å². The number of hydrogen-bond donors (Lipinski definition) is 1. The number of hydrogen-bond acceptors (Lipinski definition) is 1. The standard InChI is InChI=1S/C14H18ClN/c1-16-13-8-6-9-5-7-12(15)10-3-2-4-11(13)14(9)10/h5,7,11,13,16H,2-4,6,8H2,1H3. The van der Waals surface area contributed by atoms with E-state index in [1.54, 1.807) is 11.1 Å². The average molecular weight is 236 g/mol. The molecule has 0 amide bonds. The molecule has 3 rings (SSSR count). The number of rotatable bonds is 1. The lowest BCUT2D eigenvalue weighted by molar-refractivity contribution is 0.372. The zero-order chi connectivity index (χ0) is 11.1.